The molecule has 0 heterocycles. The van der Waals surface area contributed by atoms with Gasteiger partial charge < -0.3 is 17.2 Å². The fraction of sp³-hybridized carbons (Fsp3) is 0. The normalized spacial score (nSPS) is 11.0. The highest BCUT2D eigenvalue weighted by Gasteiger charge is 2.09. The van der Waals surface area contributed by atoms with E-state index in [4.69, 9.17) is 17.2 Å². The number of benzene rings is 1. The van der Waals surface area contributed by atoms with Gasteiger partial charge in [-0.15, -0.1) is 0 Å². The van der Waals surface area contributed by atoms with E-state index < -0.39 is 4.92 Å². The van der Waals surface area contributed by atoms with Crippen molar-refractivity contribution in [2.75, 3.05) is 0 Å². The lowest BCUT2D eigenvalue weighted by atomic mass is 10.3. The number of nitro benzene ring substituents is 1. The molecule has 6 N–H and O–H groups in total. The molecule has 8 nitrogen and oxygen atoms in total. The second-order valence-corrected chi connectivity index (χ2v) is 4.06. The summed E-state index contributed by atoms with van der Waals surface area (Å²) >= 11 is 1.97. The topological polar surface area (TPSA) is 146 Å². The Labute approximate surface area is 110 Å². The van der Waals surface area contributed by atoms with Crippen LogP contribution in [-0.4, -0.2) is 16.8 Å². The first-order valence-corrected chi connectivity index (χ1v) is 5.35. The standard InChI is InChI=1S/C8H9IN6O2/c9-5-2-1-4(15(16)17)3-6(5)13-8(12)14-7(10)11/h1-3H,(H6,10,11,12,13,14). The molecule has 9 heteroatoms. The summed E-state index contributed by atoms with van der Waals surface area (Å²) in [7, 11) is 0. The van der Waals surface area contributed by atoms with E-state index in [0.717, 1.165) is 0 Å². The van der Waals surface area contributed by atoms with Gasteiger partial charge in [0, 0.05) is 15.7 Å². The summed E-state index contributed by atoms with van der Waals surface area (Å²) in [5.41, 5.74) is 15.9. The minimum Gasteiger partial charge on any atom is -0.370 e. The first kappa shape index (κ1) is 13.2. The van der Waals surface area contributed by atoms with E-state index in [0.29, 0.717) is 9.26 Å². The van der Waals surface area contributed by atoms with Crippen LogP contribution in [-0.2, 0) is 0 Å². The van der Waals surface area contributed by atoms with Gasteiger partial charge in [-0.1, -0.05) is 0 Å². The van der Waals surface area contributed by atoms with Crippen molar-refractivity contribution in [3.05, 3.63) is 31.9 Å². The zero-order valence-electron chi connectivity index (χ0n) is 8.50. The van der Waals surface area contributed by atoms with Gasteiger partial charge in [0.05, 0.1) is 10.6 Å². The van der Waals surface area contributed by atoms with Crippen LogP contribution in [0.5, 0.6) is 0 Å². The number of nitrogens with zero attached hydrogens (tertiary/aromatic N) is 3. The Morgan fingerprint density at radius 1 is 1.35 bits per heavy atom. The maximum absolute atomic E-state index is 10.6. The number of halogens is 1. The van der Waals surface area contributed by atoms with Gasteiger partial charge in [-0.3, -0.25) is 10.1 Å². The Bertz CT molecular complexity index is 509. The van der Waals surface area contributed by atoms with Crippen molar-refractivity contribution >= 4 is 45.9 Å². The van der Waals surface area contributed by atoms with Crippen LogP contribution in [0.4, 0.5) is 11.4 Å². The highest BCUT2D eigenvalue weighted by Crippen LogP contribution is 2.26. The van der Waals surface area contributed by atoms with Gasteiger partial charge in [-0.05, 0) is 28.7 Å². The molecular weight excluding hydrogens is 339 g/mol. The second-order valence-electron chi connectivity index (χ2n) is 2.90. The van der Waals surface area contributed by atoms with E-state index in [1.165, 1.54) is 12.1 Å². The molecule has 90 valence electrons. The van der Waals surface area contributed by atoms with Crippen LogP contribution in [0.25, 0.3) is 0 Å². The van der Waals surface area contributed by atoms with Gasteiger partial charge in [0.15, 0.2) is 5.96 Å². The largest absolute Gasteiger partial charge is 0.370 e. The monoisotopic (exact) mass is 348 g/mol. The van der Waals surface area contributed by atoms with Crippen molar-refractivity contribution in [2.24, 2.45) is 27.2 Å². The number of nitro groups is 1. The van der Waals surface area contributed by atoms with Gasteiger partial charge in [0.1, 0.15) is 0 Å². The maximum atomic E-state index is 10.6. The first-order valence-electron chi connectivity index (χ1n) is 4.28. The van der Waals surface area contributed by atoms with Crippen molar-refractivity contribution in [3.63, 3.8) is 0 Å². The zero-order valence-corrected chi connectivity index (χ0v) is 10.7. The fourth-order valence-corrected chi connectivity index (χ4v) is 1.44. The molecule has 0 saturated carbocycles. The summed E-state index contributed by atoms with van der Waals surface area (Å²) < 4.78 is 0.696. The molecule has 1 aromatic carbocycles. The van der Waals surface area contributed by atoms with Crippen molar-refractivity contribution in [2.45, 2.75) is 0 Å². The Balaban J connectivity index is 3.18. The van der Waals surface area contributed by atoms with Crippen molar-refractivity contribution in [1.29, 1.82) is 0 Å². The summed E-state index contributed by atoms with van der Waals surface area (Å²) in [5.74, 6) is -0.393. The molecule has 0 radical (unpaired) electrons. The summed E-state index contributed by atoms with van der Waals surface area (Å²) in [6.07, 6.45) is 0. The Morgan fingerprint density at radius 2 is 2.00 bits per heavy atom. The molecule has 0 unspecified atom stereocenters. The van der Waals surface area contributed by atoms with Crippen molar-refractivity contribution in [1.82, 2.24) is 0 Å². The molecule has 0 fully saturated rings. The van der Waals surface area contributed by atoms with E-state index in [-0.39, 0.29) is 17.6 Å². The highest BCUT2D eigenvalue weighted by molar-refractivity contribution is 14.1. The Hall–Kier alpha value is -1.91. The molecule has 0 saturated heterocycles. The predicted molar refractivity (Wildman–Crippen MR) is 72.9 cm³/mol. The first-order chi connectivity index (χ1) is 7.90. The molecule has 0 bridgehead atoms. The van der Waals surface area contributed by atoms with Gasteiger partial charge in [0.25, 0.3) is 5.69 Å². The number of nitrogens with two attached hydrogens (primary N) is 3. The van der Waals surface area contributed by atoms with Crippen LogP contribution in [0.1, 0.15) is 0 Å². The number of rotatable bonds is 2. The number of hydrogen-bond acceptors (Lipinski definition) is 3. The molecule has 1 rings (SSSR count). The average Bonchev–Trinajstić information content (AvgIpc) is 2.19. The van der Waals surface area contributed by atoms with Crippen LogP contribution >= 0.6 is 22.6 Å². The summed E-state index contributed by atoms with van der Waals surface area (Å²) in [6, 6.07) is 4.22. The molecule has 0 aromatic heterocycles. The molecule has 0 aliphatic heterocycles. The van der Waals surface area contributed by atoms with Gasteiger partial charge in [0.2, 0.25) is 5.96 Å². The van der Waals surface area contributed by atoms with E-state index in [9.17, 15) is 10.1 Å². The van der Waals surface area contributed by atoms with Gasteiger partial charge >= 0.3 is 0 Å². The van der Waals surface area contributed by atoms with Crippen LogP contribution in [0.15, 0.2) is 28.2 Å². The van der Waals surface area contributed by atoms with Crippen molar-refractivity contribution in [3.8, 4) is 0 Å². The molecule has 0 aliphatic rings. The number of hydrogen-bond donors (Lipinski definition) is 3. The molecule has 17 heavy (non-hydrogen) atoms. The van der Waals surface area contributed by atoms with Crippen molar-refractivity contribution < 1.29 is 4.92 Å². The minimum atomic E-state index is -0.522. The number of non-ortho nitro benzene ring substituents is 1. The van der Waals surface area contributed by atoms with E-state index in [1.807, 2.05) is 22.6 Å². The summed E-state index contributed by atoms with van der Waals surface area (Å²) in [4.78, 5) is 17.5. The molecule has 0 spiro atoms. The van der Waals surface area contributed by atoms with Gasteiger partial charge in [-0.2, -0.15) is 4.99 Å². The highest BCUT2D eigenvalue weighted by atomic mass is 127. The lowest BCUT2D eigenvalue weighted by Gasteiger charge is -1.99. The zero-order chi connectivity index (χ0) is 13.0. The molecule has 0 aliphatic carbocycles. The summed E-state index contributed by atoms with van der Waals surface area (Å²) in [6.45, 7) is 0. The third kappa shape index (κ3) is 3.86. The van der Waals surface area contributed by atoms with Gasteiger partial charge in [-0.25, -0.2) is 4.99 Å². The third-order valence-electron chi connectivity index (χ3n) is 1.62. The molecule has 0 atom stereocenters. The minimum absolute atomic E-state index is 0.0818. The predicted octanol–water partition coefficient (Wildman–Crippen LogP) is 0.419. The van der Waals surface area contributed by atoms with Crippen LogP contribution in [0.3, 0.4) is 0 Å². The van der Waals surface area contributed by atoms with E-state index in [1.54, 1.807) is 6.07 Å². The number of aliphatic imine (C=N–C) groups is 2. The lowest BCUT2D eigenvalue weighted by Crippen LogP contribution is -2.26. The van der Waals surface area contributed by atoms with Crippen LogP contribution in [0, 0.1) is 13.7 Å². The Kier molecular flexibility index (Phi) is 4.20. The van der Waals surface area contributed by atoms with Crippen LogP contribution in [0.2, 0.25) is 0 Å². The Morgan fingerprint density at radius 3 is 2.53 bits per heavy atom. The smallest absolute Gasteiger partial charge is 0.271 e. The molecule has 1 aromatic rings. The number of guanidine groups is 2. The van der Waals surface area contributed by atoms with E-state index >= 15 is 0 Å². The van der Waals surface area contributed by atoms with E-state index in [2.05, 4.69) is 9.98 Å². The molecular formula is C8H9IN6O2. The lowest BCUT2D eigenvalue weighted by molar-refractivity contribution is -0.384. The van der Waals surface area contributed by atoms with Crippen LogP contribution < -0.4 is 17.2 Å². The third-order valence-corrected chi connectivity index (χ3v) is 2.53. The molecule has 0 amide bonds. The quantitative estimate of drug-likeness (QED) is 0.233. The second kappa shape index (κ2) is 5.43. The summed E-state index contributed by atoms with van der Waals surface area (Å²) in [5, 5.41) is 10.6. The fourth-order valence-electron chi connectivity index (χ4n) is 0.981. The maximum Gasteiger partial charge on any atom is 0.271 e. The SMILES string of the molecule is NC(N)=NC(N)=Nc1cc([N+](=O)[O-])ccc1I. The average molecular weight is 348 g/mol.